The van der Waals surface area contributed by atoms with Gasteiger partial charge in [0.25, 0.3) is 0 Å². The van der Waals surface area contributed by atoms with Gasteiger partial charge in [-0.25, -0.2) is 19.6 Å². The third kappa shape index (κ3) is 55.9. The molecule has 0 rings (SSSR count). The quantitative estimate of drug-likeness (QED) is 0.304. The molecule has 6 heteroatoms. The Balaban J connectivity index is -0.000000147. The third-order valence-corrected chi connectivity index (χ3v) is 1.71. The molecule has 0 unspecified atom stereocenters. The predicted octanol–water partition coefficient (Wildman–Crippen LogP) is 1.32. The molecule has 0 aliphatic rings. The van der Waals surface area contributed by atoms with Crippen molar-refractivity contribution in [1.29, 1.82) is 0 Å². The van der Waals surface area contributed by atoms with Crippen molar-refractivity contribution in [3.8, 4) is 0 Å². The van der Waals surface area contributed by atoms with Gasteiger partial charge in [0.15, 0.2) is 9.76 Å². The van der Waals surface area contributed by atoms with Crippen LogP contribution in [0.4, 0.5) is 0 Å². The molecule has 0 saturated heterocycles. The number of hydrogen-bond donors (Lipinski definition) is 0. The Hall–Kier alpha value is 0.0169. The molecule has 96 valence electrons. The SMILES string of the molecule is CCOOCC.CCO[SiH2]C.COOC. The fraction of sp³-hybridized carbons (Fsp3) is 1.00. The molecule has 0 N–H and O–H groups in total. The molecule has 0 radical (unpaired) electrons. The van der Waals surface area contributed by atoms with E-state index in [4.69, 9.17) is 4.43 Å². The van der Waals surface area contributed by atoms with Crippen LogP contribution in [-0.2, 0) is 24.0 Å². The van der Waals surface area contributed by atoms with E-state index in [0.717, 1.165) is 6.61 Å². The van der Waals surface area contributed by atoms with Gasteiger partial charge in [0.2, 0.25) is 0 Å². The lowest BCUT2D eigenvalue weighted by atomic mass is 10.9. The molecule has 0 spiro atoms. The molecule has 0 aliphatic carbocycles. The van der Waals surface area contributed by atoms with Crippen molar-refractivity contribution >= 4 is 9.76 Å². The topological polar surface area (TPSA) is 46.2 Å². The van der Waals surface area contributed by atoms with E-state index in [1.165, 1.54) is 14.2 Å². The first kappa shape index (κ1) is 20.4. The summed E-state index contributed by atoms with van der Waals surface area (Å²) in [4.78, 5) is 17.0. The van der Waals surface area contributed by atoms with Crippen LogP contribution in [0.5, 0.6) is 0 Å². The standard InChI is InChI=1S/C4H10O2.C3H10OSi.C2H6O2/c1-3-5-6-4-2;1-3-4-5-2;1-3-4-2/h3-4H2,1-2H3;3,5H2,1-2H3;1-2H3. The van der Waals surface area contributed by atoms with Crippen molar-refractivity contribution in [2.45, 2.75) is 27.3 Å². The third-order valence-electron chi connectivity index (χ3n) is 0.894. The van der Waals surface area contributed by atoms with Crippen LogP contribution >= 0.6 is 0 Å². The molecule has 0 atom stereocenters. The van der Waals surface area contributed by atoms with Crippen LogP contribution in [0.2, 0.25) is 6.55 Å². The van der Waals surface area contributed by atoms with Crippen LogP contribution in [0.1, 0.15) is 20.8 Å². The van der Waals surface area contributed by atoms with Crippen LogP contribution in [0.15, 0.2) is 0 Å². The summed E-state index contributed by atoms with van der Waals surface area (Å²) in [5, 5.41) is 0. The summed E-state index contributed by atoms with van der Waals surface area (Å²) in [5.74, 6) is 0. The highest BCUT2D eigenvalue weighted by Gasteiger charge is 1.71. The Bertz CT molecular complexity index is 67.5. The first-order chi connectivity index (χ1) is 7.24. The number of rotatable bonds is 6. The minimum Gasteiger partial charge on any atom is -0.425 e. The smallest absolute Gasteiger partial charge is 0.158 e. The van der Waals surface area contributed by atoms with Gasteiger partial charge in [-0.05, 0) is 20.8 Å². The minimum atomic E-state index is -0.0860. The van der Waals surface area contributed by atoms with Gasteiger partial charge in [-0.3, -0.25) is 0 Å². The number of hydrogen-bond acceptors (Lipinski definition) is 5. The van der Waals surface area contributed by atoms with Crippen LogP contribution in [0.25, 0.3) is 0 Å². The molecular weight excluding hydrogens is 216 g/mol. The highest BCUT2D eigenvalue weighted by Crippen LogP contribution is 1.72. The van der Waals surface area contributed by atoms with E-state index in [2.05, 4.69) is 26.1 Å². The van der Waals surface area contributed by atoms with Gasteiger partial charge >= 0.3 is 0 Å². The summed E-state index contributed by atoms with van der Waals surface area (Å²) in [6.07, 6.45) is 0. The van der Waals surface area contributed by atoms with Crippen LogP contribution in [0.3, 0.4) is 0 Å². The molecule has 0 heterocycles. The molecule has 0 bridgehead atoms. The molecular formula is C9H26O5Si. The maximum Gasteiger partial charge on any atom is 0.158 e. The highest BCUT2D eigenvalue weighted by molar-refractivity contribution is 6.24. The normalized spacial score (nSPS) is 9.20. The molecule has 0 fully saturated rings. The maximum atomic E-state index is 4.97. The molecule has 0 aromatic rings. The van der Waals surface area contributed by atoms with Crippen molar-refractivity contribution in [1.82, 2.24) is 0 Å². The second-order valence-electron chi connectivity index (χ2n) is 1.93. The van der Waals surface area contributed by atoms with Gasteiger partial charge in [0, 0.05) is 6.61 Å². The first-order valence-corrected chi connectivity index (χ1v) is 7.12. The van der Waals surface area contributed by atoms with E-state index < -0.39 is 0 Å². The van der Waals surface area contributed by atoms with E-state index in [-0.39, 0.29) is 9.76 Å². The largest absolute Gasteiger partial charge is 0.425 e. The molecule has 0 aromatic carbocycles. The first-order valence-electron chi connectivity index (χ1n) is 5.13. The molecule has 0 saturated carbocycles. The van der Waals surface area contributed by atoms with Crippen molar-refractivity contribution in [3.63, 3.8) is 0 Å². The Kier molecular flexibility index (Phi) is 39.8. The van der Waals surface area contributed by atoms with Crippen molar-refractivity contribution in [2.75, 3.05) is 34.0 Å². The van der Waals surface area contributed by atoms with Gasteiger partial charge < -0.3 is 4.43 Å². The highest BCUT2D eigenvalue weighted by atomic mass is 28.2. The molecule has 5 nitrogen and oxygen atoms in total. The average molecular weight is 242 g/mol. The Morgan fingerprint density at radius 3 is 1.27 bits per heavy atom. The molecule has 0 aliphatic heterocycles. The zero-order chi connectivity index (χ0) is 12.4. The monoisotopic (exact) mass is 242 g/mol. The summed E-state index contributed by atoms with van der Waals surface area (Å²) in [7, 11) is 2.83. The minimum absolute atomic E-state index is 0.0860. The summed E-state index contributed by atoms with van der Waals surface area (Å²) < 4.78 is 4.97. The van der Waals surface area contributed by atoms with Crippen LogP contribution < -0.4 is 0 Å². The summed E-state index contributed by atoms with van der Waals surface area (Å²) in [6.45, 7) is 10.1. The Labute approximate surface area is 95.8 Å². The predicted molar refractivity (Wildman–Crippen MR) is 63.3 cm³/mol. The van der Waals surface area contributed by atoms with Crippen molar-refractivity contribution in [3.05, 3.63) is 0 Å². The lowest BCUT2D eigenvalue weighted by Gasteiger charge is -1.92. The van der Waals surface area contributed by atoms with Gasteiger partial charge in [0.1, 0.15) is 0 Å². The lowest BCUT2D eigenvalue weighted by Crippen LogP contribution is -1.90. The molecule has 0 aromatic heterocycles. The van der Waals surface area contributed by atoms with E-state index in [9.17, 15) is 0 Å². The van der Waals surface area contributed by atoms with Crippen LogP contribution in [-0.4, -0.2) is 43.8 Å². The molecule has 15 heavy (non-hydrogen) atoms. The summed E-state index contributed by atoms with van der Waals surface area (Å²) in [6, 6.07) is 0. The van der Waals surface area contributed by atoms with Gasteiger partial charge in [-0.1, -0.05) is 6.55 Å². The van der Waals surface area contributed by atoms with E-state index in [0.29, 0.717) is 13.2 Å². The van der Waals surface area contributed by atoms with Gasteiger partial charge in [0.05, 0.1) is 27.4 Å². The summed E-state index contributed by atoms with van der Waals surface area (Å²) >= 11 is 0. The zero-order valence-corrected chi connectivity index (χ0v) is 12.3. The fourth-order valence-corrected chi connectivity index (χ4v) is 0.779. The van der Waals surface area contributed by atoms with Crippen LogP contribution in [0, 0.1) is 0 Å². The average Bonchev–Trinajstić information content (AvgIpc) is 2.28. The van der Waals surface area contributed by atoms with Crippen molar-refractivity contribution in [2.24, 2.45) is 0 Å². The van der Waals surface area contributed by atoms with Gasteiger partial charge in [-0.15, -0.1) is 0 Å². The van der Waals surface area contributed by atoms with Gasteiger partial charge in [-0.2, -0.15) is 0 Å². The summed E-state index contributed by atoms with van der Waals surface area (Å²) in [5.41, 5.74) is 0. The van der Waals surface area contributed by atoms with Crippen molar-refractivity contribution < 1.29 is 24.0 Å². The van der Waals surface area contributed by atoms with E-state index >= 15 is 0 Å². The molecule has 0 amide bonds. The van der Waals surface area contributed by atoms with E-state index in [1.54, 1.807) is 0 Å². The lowest BCUT2D eigenvalue weighted by molar-refractivity contribution is -0.287. The van der Waals surface area contributed by atoms with E-state index in [1.807, 2.05) is 20.8 Å². The Morgan fingerprint density at radius 2 is 1.20 bits per heavy atom. The Morgan fingerprint density at radius 1 is 0.800 bits per heavy atom. The second kappa shape index (κ2) is 29.2. The zero-order valence-electron chi connectivity index (χ0n) is 10.9. The fourth-order valence-electron chi connectivity index (χ4n) is 0.371. The second-order valence-corrected chi connectivity index (χ2v) is 2.91. The maximum absolute atomic E-state index is 4.97.